The van der Waals surface area contributed by atoms with Crippen LogP contribution in [0.25, 0.3) is 65.7 Å². The Morgan fingerprint density at radius 1 is 0.358 bits per heavy atom. The molecule has 53 heavy (non-hydrogen) atoms. The second-order valence-corrected chi connectivity index (χ2v) is 14.4. The molecule has 0 aliphatic heterocycles. The van der Waals surface area contributed by atoms with Gasteiger partial charge < -0.3 is 9.32 Å². The molecule has 2 nitrogen and oxygen atoms in total. The summed E-state index contributed by atoms with van der Waals surface area (Å²) in [5.41, 5.74) is 15.4. The Morgan fingerprint density at radius 3 is 1.79 bits per heavy atom. The molecule has 2 heteroatoms. The minimum absolute atomic E-state index is 0.436. The van der Waals surface area contributed by atoms with E-state index in [2.05, 4.69) is 181 Å². The van der Waals surface area contributed by atoms with Crippen LogP contribution >= 0.6 is 0 Å². The summed E-state index contributed by atoms with van der Waals surface area (Å²) in [4.78, 5) is 2.34. The number of para-hydroxylation sites is 2. The van der Waals surface area contributed by atoms with Crippen LogP contribution < -0.4 is 4.90 Å². The molecule has 10 aromatic rings. The van der Waals surface area contributed by atoms with Crippen molar-refractivity contribution in [2.75, 3.05) is 4.90 Å². The lowest BCUT2D eigenvalue weighted by Crippen LogP contribution is -2.26. The molecular formula is C51H31NO. The van der Waals surface area contributed by atoms with Gasteiger partial charge in [0.15, 0.2) is 0 Å². The normalized spacial score (nSPS) is 13.4. The molecule has 9 aromatic carbocycles. The molecule has 1 spiro atoms. The van der Waals surface area contributed by atoms with Crippen molar-refractivity contribution < 1.29 is 4.42 Å². The molecule has 12 rings (SSSR count). The molecule has 0 atom stereocenters. The highest BCUT2D eigenvalue weighted by molar-refractivity contribution is 6.11. The summed E-state index contributed by atoms with van der Waals surface area (Å²) in [7, 11) is 0. The lowest BCUT2D eigenvalue weighted by atomic mass is 9.69. The number of anilines is 3. The Kier molecular flexibility index (Phi) is 5.73. The molecule has 2 aliphatic rings. The highest BCUT2D eigenvalue weighted by Crippen LogP contribution is 2.65. The highest BCUT2D eigenvalue weighted by Gasteiger charge is 2.52. The fourth-order valence-electron chi connectivity index (χ4n) is 9.75. The molecule has 0 bridgehead atoms. The summed E-state index contributed by atoms with van der Waals surface area (Å²) in [6, 6.07) is 69.0. The molecule has 1 heterocycles. The summed E-state index contributed by atoms with van der Waals surface area (Å²) in [5, 5.41) is 7.32. The van der Waals surface area contributed by atoms with Gasteiger partial charge in [0.25, 0.3) is 0 Å². The van der Waals surface area contributed by atoms with Gasteiger partial charge in [0, 0.05) is 33.9 Å². The van der Waals surface area contributed by atoms with E-state index >= 15 is 0 Å². The predicted molar refractivity (Wildman–Crippen MR) is 220 cm³/mol. The second-order valence-electron chi connectivity index (χ2n) is 14.4. The van der Waals surface area contributed by atoms with Crippen molar-refractivity contribution in [3.05, 3.63) is 210 Å². The van der Waals surface area contributed by atoms with Crippen LogP contribution in [0.1, 0.15) is 22.3 Å². The first kappa shape index (κ1) is 28.8. The van der Waals surface area contributed by atoms with Crippen LogP contribution in [0, 0.1) is 0 Å². The van der Waals surface area contributed by atoms with E-state index in [9.17, 15) is 0 Å². The minimum atomic E-state index is -0.436. The number of fused-ring (bicyclic) bond motifs is 17. The van der Waals surface area contributed by atoms with E-state index in [0.29, 0.717) is 0 Å². The van der Waals surface area contributed by atoms with Gasteiger partial charge in [-0.15, -0.1) is 0 Å². The van der Waals surface area contributed by atoms with Gasteiger partial charge in [-0.25, -0.2) is 0 Å². The molecule has 0 amide bonds. The summed E-state index contributed by atoms with van der Waals surface area (Å²) in [5.74, 6) is 0. The zero-order valence-corrected chi connectivity index (χ0v) is 28.8. The lowest BCUT2D eigenvalue weighted by Gasteiger charge is -2.32. The van der Waals surface area contributed by atoms with E-state index < -0.39 is 5.41 Å². The molecule has 0 N–H and O–H groups in total. The van der Waals surface area contributed by atoms with E-state index in [1.54, 1.807) is 0 Å². The number of benzene rings is 9. The molecule has 1 aromatic heterocycles. The molecule has 0 unspecified atom stereocenters. The molecular weight excluding hydrogens is 643 g/mol. The second kappa shape index (κ2) is 10.6. The van der Waals surface area contributed by atoms with Crippen molar-refractivity contribution >= 4 is 60.5 Å². The Morgan fingerprint density at radius 2 is 0.981 bits per heavy atom. The van der Waals surface area contributed by atoms with E-state index in [1.165, 1.54) is 66.1 Å². The van der Waals surface area contributed by atoms with Crippen LogP contribution in [0.5, 0.6) is 0 Å². The van der Waals surface area contributed by atoms with Crippen LogP contribution in [0.3, 0.4) is 0 Å². The van der Waals surface area contributed by atoms with Crippen molar-refractivity contribution in [2.45, 2.75) is 5.41 Å². The fraction of sp³-hybridized carbons (Fsp3) is 0.0196. The number of nitrogens with zero attached hydrogens (tertiary/aromatic N) is 1. The van der Waals surface area contributed by atoms with E-state index in [-0.39, 0.29) is 0 Å². The minimum Gasteiger partial charge on any atom is -0.456 e. The van der Waals surface area contributed by atoms with Gasteiger partial charge in [0.05, 0.1) is 5.41 Å². The van der Waals surface area contributed by atoms with Gasteiger partial charge in [-0.2, -0.15) is 0 Å². The average molecular weight is 674 g/mol. The van der Waals surface area contributed by atoms with Crippen molar-refractivity contribution in [2.24, 2.45) is 0 Å². The third kappa shape index (κ3) is 3.77. The zero-order valence-electron chi connectivity index (χ0n) is 28.8. The van der Waals surface area contributed by atoms with E-state index in [1.807, 2.05) is 12.1 Å². The first-order chi connectivity index (χ1) is 26.3. The number of rotatable bonds is 3. The maximum absolute atomic E-state index is 6.38. The van der Waals surface area contributed by atoms with Gasteiger partial charge in [-0.3, -0.25) is 0 Å². The molecule has 246 valence electrons. The lowest BCUT2D eigenvalue weighted by molar-refractivity contribution is 0.669. The average Bonchev–Trinajstić information content (AvgIpc) is 3.85. The quantitative estimate of drug-likeness (QED) is 0.186. The van der Waals surface area contributed by atoms with Gasteiger partial charge >= 0.3 is 0 Å². The summed E-state index contributed by atoms with van der Waals surface area (Å²) in [6.07, 6.45) is 0. The van der Waals surface area contributed by atoms with E-state index in [4.69, 9.17) is 4.42 Å². The maximum Gasteiger partial charge on any atom is 0.137 e. The smallest absolute Gasteiger partial charge is 0.137 e. The topological polar surface area (TPSA) is 16.4 Å². The monoisotopic (exact) mass is 673 g/mol. The largest absolute Gasteiger partial charge is 0.456 e. The van der Waals surface area contributed by atoms with Gasteiger partial charge in [0.1, 0.15) is 11.2 Å². The standard InChI is InChI=1S/C51H31NO/c1-2-13-34(14-3-1)52(36-25-28-42-41-18-8-11-21-47(41)53-48(42)31-36)35-24-27-38-33(30-35)22-26-43-49-37-15-5-4-12-32(37)23-29-46(49)51(50(38)43)44-19-9-6-16-39(44)40-17-7-10-20-45(40)51/h1-31H. The van der Waals surface area contributed by atoms with Crippen LogP contribution in [0.4, 0.5) is 17.1 Å². The highest BCUT2D eigenvalue weighted by atomic mass is 16.3. The summed E-state index contributed by atoms with van der Waals surface area (Å²) >= 11 is 0. The Labute approximate surface area is 306 Å². The molecule has 0 radical (unpaired) electrons. The van der Waals surface area contributed by atoms with E-state index in [0.717, 1.165) is 39.0 Å². The molecule has 0 saturated carbocycles. The maximum atomic E-state index is 6.38. The first-order valence-corrected chi connectivity index (χ1v) is 18.3. The van der Waals surface area contributed by atoms with Crippen LogP contribution in [-0.2, 0) is 5.41 Å². The van der Waals surface area contributed by atoms with Crippen molar-refractivity contribution in [3.8, 4) is 22.3 Å². The van der Waals surface area contributed by atoms with Crippen molar-refractivity contribution in [1.82, 2.24) is 0 Å². The van der Waals surface area contributed by atoms with Crippen LogP contribution in [0.15, 0.2) is 192 Å². The molecule has 0 saturated heterocycles. The predicted octanol–water partition coefficient (Wildman–Crippen LogP) is 13.7. The number of hydrogen-bond donors (Lipinski definition) is 0. The van der Waals surface area contributed by atoms with Crippen LogP contribution in [-0.4, -0.2) is 0 Å². The summed E-state index contributed by atoms with van der Waals surface area (Å²) < 4.78 is 6.38. The van der Waals surface area contributed by atoms with Gasteiger partial charge in [-0.1, -0.05) is 140 Å². The third-order valence-electron chi connectivity index (χ3n) is 11.8. The SMILES string of the molecule is c1ccc(N(c2ccc3c4c(ccc3c2)-c2c(ccc3ccccc23)C42c3ccccc3-c3ccccc32)c2ccc3c(c2)oc2ccccc23)cc1. The van der Waals surface area contributed by atoms with Gasteiger partial charge in [-0.05, 0) is 109 Å². The Balaban J connectivity index is 1.13. The Hall–Kier alpha value is -6.90. The Bertz CT molecular complexity index is 3090. The van der Waals surface area contributed by atoms with Crippen molar-refractivity contribution in [3.63, 3.8) is 0 Å². The number of furan rings is 1. The van der Waals surface area contributed by atoms with Crippen LogP contribution in [0.2, 0.25) is 0 Å². The first-order valence-electron chi connectivity index (χ1n) is 18.3. The third-order valence-corrected chi connectivity index (χ3v) is 11.8. The van der Waals surface area contributed by atoms with Crippen molar-refractivity contribution in [1.29, 1.82) is 0 Å². The summed E-state index contributed by atoms with van der Waals surface area (Å²) in [6.45, 7) is 0. The zero-order chi connectivity index (χ0) is 34.7. The molecule has 0 fully saturated rings. The molecule has 2 aliphatic carbocycles. The number of hydrogen-bond acceptors (Lipinski definition) is 2. The fourth-order valence-corrected chi connectivity index (χ4v) is 9.75. The van der Waals surface area contributed by atoms with Gasteiger partial charge in [0.2, 0.25) is 0 Å².